The molecule has 0 bridgehead atoms. The van der Waals surface area contributed by atoms with E-state index in [0.29, 0.717) is 24.5 Å². The monoisotopic (exact) mass is 471 g/mol. The zero-order chi connectivity index (χ0) is 24.4. The van der Waals surface area contributed by atoms with Crippen molar-refractivity contribution in [1.82, 2.24) is 10.2 Å². The van der Waals surface area contributed by atoms with Crippen LogP contribution in [0.2, 0.25) is 0 Å². The van der Waals surface area contributed by atoms with Gasteiger partial charge in [-0.05, 0) is 68.7 Å². The van der Waals surface area contributed by atoms with Crippen molar-refractivity contribution in [2.75, 3.05) is 24.5 Å². The standard InChI is InChI=1S/C30H35N3O2.H2/c1-22(2)32-20-30(21-32)16-13-25(14-17-30)29(35)31-18-15-28(34)33-19-26-9-4-3-7-23(26)11-12-24-8-5-6-10-27(24)33;/h3-10,22,25H,13-21H2,1-2H3,(H,31,35);1H. The van der Waals surface area contributed by atoms with Crippen molar-refractivity contribution in [3.8, 4) is 11.8 Å². The van der Waals surface area contributed by atoms with Crippen molar-refractivity contribution in [3.05, 3.63) is 65.2 Å². The molecule has 184 valence electrons. The number of likely N-dealkylation sites (tertiary alicyclic amines) is 1. The molecule has 2 aromatic rings. The van der Waals surface area contributed by atoms with Crippen LogP contribution in [0.25, 0.3) is 0 Å². The molecule has 5 nitrogen and oxygen atoms in total. The van der Waals surface area contributed by atoms with Gasteiger partial charge >= 0.3 is 0 Å². The molecule has 0 unspecified atom stereocenters. The van der Waals surface area contributed by atoms with Crippen molar-refractivity contribution in [2.45, 2.75) is 58.5 Å². The highest BCUT2D eigenvalue weighted by molar-refractivity contribution is 5.95. The van der Waals surface area contributed by atoms with Gasteiger partial charge in [-0.25, -0.2) is 0 Å². The maximum absolute atomic E-state index is 13.3. The minimum absolute atomic E-state index is 0. The Hall–Kier alpha value is -3.10. The minimum Gasteiger partial charge on any atom is -0.355 e. The third-order valence-electron chi connectivity index (χ3n) is 8.04. The minimum atomic E-state index is 0. The highest BCUT2D eigenvalue weighted by Crippen LogP contribution is 2.46. The number of nitrogens with zero attached hydrogens (tertiary/aromatic N) is 2. The summed E-state index contributed by atoms with van der Waals surface area (Å²) >= 11 is 0. The Morgan fingerprint density at radius 2 is 1.69 bits per heavy atom. The van der Waals surface area contributed by atoms with Gasteiger partial charge in [-0.1, -0.05) is 42.2 Å². The molecule has 2 aliphatic heterocycles. The predicted molar refractivity (Wildman–Crippen MR) is 141 cm³/mol. The van der Waals surface area contributed by atoms with Crippen molar-refractivity contribution >= 4 is 17.5 Å². The van der Waals surface area contributed by atoms with Crippen molar-refractivity contribution in [1.29, 1.82) is 0 Å². The smallest absolute Gasteiger partial charge is 0.229 e. The molecule has 1 saturated carbocycles. The first kappa shape index (κ1) is 23.6. The maximum Gasteiger partial charge on any atom is 0.229 e. The van der Waals surface area contributed by atoms with Crippen LogP contribution >= 0.6 is 0 Å². The molecule has 3 aliphatic rings. The summed E-state index contributed by atoms with van der Waals surface area (Å²) in [6.07, 6.45) is 4.47. The van der Waals surface area contributed by atoms with Crippen LogP contribution in [0.15, 0.2) is 48.5 Å². The Morgan fingerprint density at radius 1 is 1.03 bits per heavy atom. The molecule has 1 saturated heterocycles. The van der Waals surface area contributed by atoms with E-state index in [1.807, 2.05) is 53.4 Å². The molecule has 0 aromatic heterocycles. The molecule has 0 radical (unpaired) electrons. The molecule has 2 amide bonds. The van der Waals surface area contributed by atoms with Gasteiger partial charge in [0, 0.05) is 50.6 Å². The fraction of sp³-hybridized carbons (Fsp3) is 0.467. The van der Waals surface area contributed by atoms with Crippen LogP contribution in [-0.2, 0) is 16.1 Å². The molecule has 1 spiro atoms. The molecule has 2 aromatic carbocycles. The molecule has 1 N–H and O–H groups in total. The lowest BCUT2D eigenvalue weighted by molar-refractivity contribution is -0.129. The number of hydrogen-bond donors (Lipinski definition) is 1. The van der Waals surface area contributed by atoms with E-state index >= 15 is 0 Å². The van der Waals surface area contributed by atoms with Crippen LogP contribution in [0, 0.1) is 23.2 Å². The first-order valence-electron chi connectivity index (χ1n) is 13.0. The summed E-state index contributed by atoms with van der Waals surface area (Å²) in [5, 5.41) is 3.06. The number of anilines is 1. The van der Waals surface area contributed by atoms with E-state index in [0.717, 1.165) is 48.1 Å². The summed E-state index contributed by atoms with van der Waals surface area (Å²) in [7, 11) is 0. The van der Waals surface area contributed by atoms with Crippen molar-refractivity contribution < 1.29 is 11.0 Å². The van der Waals surface area contributed by atoms with Gasteiger partial charge in [-0.3, -0.25) is 14.5 Å². The molecule has 35 heavy (non-hydrogen) atoms. The van der Waals surface area contributed by atoms with Gasteiger partial charge in [0.25, 0.3) is 0 Å². The average Bonchev–Trinajstić information content (AvgIpc) is 2.83. The van der Waals surface area contributed by atoms with Crippen LogP contribution in [0.5, 0.6) is 0 Å². The SMILES string of the molecule is CC(C)N1CC2(CCC(C(=O)NCCC(=O)N3Cc4ccccc4C#Cc4ccccc43)CC2)C1.[HH]. The number of nitrogens with one attached hydrogen (secondary N) is 1. The summed E-state index contributed by atoms with van der Waals surface area (Å²) in [6, 6.07) is 16.4. The lowest BCUT2D eigenvalue weighted by Crippen LogP contribution is -2.60. The molecule has 2 heterocycles. The van der Waals surface area contributed by atoms with Crippen LogP contribution in [0.1, 0.15) is 64.1 Å². The molecule has 0 atom stereocenters. The topological polar surface area (TPSA) is 52.7 Å². The van der Waals surface area contributed by atoms with Gasteiger partial charge < -0.3 is 10.2 Å². The number of para-hydroxylation sites is 1. The van der Waals surface area contributed by atoms with Crippen molar-refractivity contribution in [2.24, 2.45) is 11.3 Å². The number of amides is 2. The second-order valence-electron chi connectivity index (χ2n) is 10.7. The number of hydrogen-bond acceptors (Lipinski definition) is 3. The Balaban J connectivity index is 0.00000304. The predicted octanol–water partition coefficient (Wildman–Crippen LogP) is 4.59. The molecule has 2 fully saturated rings. The molecule has 5 rings (SSSR count). The van der Waals surface area contributed by atoms with E-state index in [4.69, 9.17) is 0 Å². The maximum atomic E-state index is 13.3. The summed E-state index contributed by atoms with van der Waals surface area (Å²) in [5.74, 6) is 6.67. The van der Waals surface area contributed by atoms with Gasteiger partial charge in [-0.15, -0.1) is 0 Å². The molecule has 1 aliphatic carbocycles. The number of fused-ring (bicyclic) bond motifs is 2. The number of rotatable bonds is 5. The fourth-order valence-electron chi connectivity index (χ4n) is 5.77. The third-order valence-corrected chi connectivity index (χ3v) is 8.04. The lowest BCUT2D eigenvalue weighted by Gasteiger charge is -2.55. The van der Waals surface area contributed by atoms with Gasteiger partial charge in [0.15, 0.2) is 0 Å². The average molecular weight is 472 g/mol. The highest BCUT2D eigenvalue weighted by atomic mass is 16.2. The number of benzene rings is 2. The van der Waals surface area contributed by atoms with E-state index < -0.39 is 0 Å². The Morgan fingerprint density at radius 3 is 2.43 bits per heavy atom. The van der Waals surface area contributed by atoms with Crippen LogP contribution in [-0.4, -0.2) is 42.4 Å². The summed E-state index contributed by atoms with van der Waals surface area (Å²) in [4.78, 5) is 30.5. The zero-order valence-corrected chi connectivity index (χ0v) is 20.8. The van der Waals surface area contributed by atoms with E-state index in [9.17, 15) is 9.59 Å². The molecular weight excluding hydrogens is 434 g/mol. The number of carbonyl (C=O) groups is 2. The van der Waals surface area contributed by atoms with E-state index in [1.165, 1.54) is 13.1 Å². The third kappa shape index (κ3) is 4.99. The van der Waals surface area contributed by atoms with Crippen LogP contribution in [0.4, 0.5) is 5.69 Å². The quantitative estimate of drug-likeness (QED) is 0.649. The number of carbonyl (C=O) groups excluding carboxylic acids is 2. The normalized spacial score (nSPS) is 19.0. The van der Waals surface area contributed by atoms with Crippen LogP contribution < -0.4 is 10.2 Å². The Bertz CT molecular complexity index is 1170. The lowest BCUT2D eigenvalue weighted by atomic mass is 9.65. The van der Waals surface area contributed by atoms with Gasteiger partial charge in [0.05, 0.1) is 12.2 Å². The second-order valence-corrected chi connectivity index (χ2v) is 10.7. The molecular formula is C30H37N3O2. The zero-order valence-electron chi connectivity index (χ0n) is 20.8. The summed E-state index contributed by atoms with van der Waals surface area (Å²) in [6.45, 7) is 7.71. The Kier molecular flexibility index (Phi) is 6.67. The first-order valence-corrected chi connectivity index (χ1v) is 13.0. The van der Waals surface area contributed by atoms with Crippen molar-refractivity contribution in [3.63, 3.8) is 0 Å². The van der Waals surface area contributed by atoms with Gasteiger partial charge in [0.1, 0.15) is 0 Å². The fourth-order valence-corrected chi connectivity index (χ4v) is 5.77. The van der Waals surface area contributed by atoms with E-state index in [1.54, 1.807) is 0 Å². The van der Waals surface area contributed by atoms with E-state index in [2.05, 4.69) is 35.9 Å². The molecule has 5 heteroatoms. The van der Waals surface area contributed by atoms with E-state index in [-0.39, 0.29) is 25.6 Å². The summed E-state index contributed by atoms with van der Waals surface area (Å²) < 4.78 is 0. The largest absolute Gasteiger partial charge is 0.355 e. The summed E-state index contributed by atoms with van der Waals surface area (Å²) in [5.41, 5.74) is 4.11. The van der Waals surface area contributed by atoms with Crippen LogP contribution in [0.3, 0.4) is 0 Å². The second kappa shape index (κ2) is 9.87. The van der Waals surface area contributed by atoms with Gasteiger partial charge in [-0.2, -0.15) is 0 Å². The highest BCUT2D eigenvalue weighted by Gasteiger charge is 2.46. The first-order chi connectivity index (χ1) is 16.9. The van der Waals surface area contributed by atoms with Gasteiger partial charge in [0.2, 0.25) is 11.8 Å². The Labute approximate surface area is 210 Å².